The van der Waals surface area contributed by atoms with E-state index in [-0.39, 0.29) is 5.60 Å². The summed E-state index contributed by atoms with van der Waals surface area (Å²) in [6, 6.07) is 0. The van der Waals surface area contributed by atoms with Gasteiger partial charge in [-0.2, -0.15) is 0 Å². The summed E-state index contributed by atoms with van der Waals surface area (Å²) in [6.07, 6.45) is 2.11. The molecule has 1 aromatic rings. The average molecular weight is 249 g/mol. The molecule has 2 rings (SSSR count). The lowest BCUT2D eigenvalue weighted by Crippen LogP contribution is -2.25. The SMILES string of the molecule is CCNCc1c(C)nc(C2(C)CCCO2)nc1C. The van der Waals surface area contributed by atoms with Crippen LogP contribution >= 0.6 is 0 Å². The van der Waals surface area contributed by atoms with Crippen LogP contribution in [0.25, 0.3) is 0 Å². The second-order valence-corrected chi connectivity index (χ2v) is 5.16. The van der Waals surface area contributed by atoms with Crippen LogP contribution < -0.4 is 5.32 Å². The fourth-order valence-corrected chi connectivity index (χ4v) is 2.44. The van der Waals surface area contributed by atoms with Crippen molar-refractivity contribution in [2.75, 3.05) is 13.2 Å². The van der Waals surface area contributed by atoms with Crippen LogP contribution in [0.5, 0.6) is 0 Å². The minimum atomic E-state index is -0.285. The first-order chi connectivity index (χ1) is 8.57. The lowest BCUT2D eigenvalue weighted by molar-refractivity contribution is 0.00901. The van der Waals surface area contributed by atoms with Gasteiger partial charge in [-0.3, -0.25) is 0 Å². The van der Waals surface area contributed by atoms with E-state index in [0.29, 0.717) is 0 Å². The first-order valence-electron chi connectivity index (χ1n) is 6.76. The van der Waals surface area contributed by atoms with Gasteiger partial charge in [0.15, 0.2) is 5.82 Å². The molecule has 0 aliphatic carbocycles. The van der Waals surface area contributed by atoms with Crippen molar-refractivity contribution in [3.63, 3.8) is 0 Å². The minimum absolute atomic E-state index is 0.285. The first kappa shape index (κ1) is 13.4. The Morgan fingerprint density at radius 3 is 2.44 bits per heavy atom. The Bertz CT molecular complexity index is 402. The number of hydrogen-bond acceptors (Lipinski definition) is 4. The van der Waals surface area contributed by atoms with Gasteiger partial charge in [-0.15, -0.1) is 0 Å². The second kappa shape index (κ2) is 5.33. The number of nitrogens with one attached hydrogen (secondary N) is 1. The number of hydrogen-bond donors (Lipinski definition) is 1. The molecular formula is C14H23N3O. The molecule has 4 heteroatoms. The Morgan fingerprint density at radius 2 is 1.94 bits per heavy atom. The molecule has 18 heavy (non-hydrogen) atoms. The predicted molar refractivity (Wildman–Crippen MR) is 71.4 cm³/mol. The molecule has 1 atom stereocenters. The van der Waals surface area contributed by atoms with Crippen molar-refractivity contribution in [1.82, 2.24) is 15.3 Å². The molecule has 0 aromatic carbocycles. The summed E-state index contributed by atoms with van der Waals surface area (Å²) in [4.78, 5) is 9.33. The van der Waals surface area contributed by atoms with E-state index in [4.69, 9.17) is 4.74 Å². The molecule has 1 aliphatic rings. The van der Waals surface area contributed by atoms with Crippen molar-refractivity contribution >= 4 is 0 Å². The standard InChI is InChI=1S/C14H23N3O/c1-5-15-9-12-10(2)16-13(17-11(12)3)14(4)7-6-8-18-14/h15H,5-9H2,1-4H3. The summed E-state index contributed by atoms with van der Waals surface area (Å²) in [5.41, 5.74) is 3.05. The second-order valence-electron chi connectivity index (χ2n) is 5.16. The summed E-state index contributed by atoms with van der Waals surface area (Å²) < 4.78 is 5.82. The molecule has 1 N–H and O–H groups in total. The Balaban J connectivity index is 2.30. The molecule has 0 bridgehead atoms. The first-order valence-corrected chi connectivity index (χ1v) is 6.76. The summed E-state index contributed by atoms with van der Waals surface area (Å²) in [6.45, 7) is 10.9. The van der Waals surface area contributed by atoms with Gasteiger partial charge in [-0.25, -0.2) is 9.97 Å². The molecule has 1 saturated heterocycles. The summed E-state index contributed by atoms with van der Waals surface area (Å²) in [5.74, 6) is 0.843. The highest BCUT2D eigenvalue weighted by molar-refractivity contribution is 5.25. The molecule has 0 radical (unpaired) electrons. The maximum Gasteiger partial charge on any atom is 0.160 e. The maximum atomic E-state index is 5.82. The van der Waals surface area contributed by atoms with Crippen molar-refractivity contribution < 1.29 is 4.74 Å². The highest BCUT2D eigenvalue weighted by Crippen LogP contribution is 2.33. The van der Waals surface area contributed by atoms with Gasteiger partial charge in [0.05, 0.1) is 0 Å². The van der Waals surface area contributed by atoms with E-state index in [1.54, 1.807) is 0 Å². The predicted octanol–water partition coefficient (Wildman–Crippen LogP) is 2.23. The number of aryl methyl sites for hydroxylation is 2. The number of rotatable bonds is 4. The monoisotopic (exact) mass is 249 g/mol. The fourth-order valence-electron chi connectivity index (χ4n) is 2.44. The zero-order valence-corrected chi connectivity index (χ0v) is 11.8. The van der Waals surface area contributed by atoms with E-state index >= 15 is 0 Å². The van der Waals surface area contributed by atoms with Gasteiger partial charge >= 0.3 is 0 Å². The Kier molecular flexibility index (Phi) is 3.97. The van der Waals surface area contributed by atoms with Crippen LogP contribution in [0, 0.1) is 13.8 Å². The molecule has 0 spiro atoms. The van der Waals surface area contributed by atoms with E-state index in [1.165, 1.54) is 5.56 Å². The fraction of sp³-hybridized carbons (Fsp3) is 0.714. The molecule has 0 amide bonds. The summed E-state index contributed by atoms with van der Waals surface area (Å²) in [7, 11) is 0. The average Bonchev–Trinajstić information content (AvgIpc) is 2.76. The van der Waals surface area contributed by atoms with Gasteiger partial charge in [0.25, 0.3) is 0 Å². The van der Waals surface area contributed by atoms with Gasteiger partial charge in [-0.1, -0.05) is 6.92 Å². The Hall–Kier alpha value is -1.00. The van der Waals surface area contributed by atoms with Gasteiger partial charge in [-0.05, 0) is 40.2 Å². The number of ether oxygens (including phenoxy) is 1. The van der Waals surface area contributed by atoms with Crippen LogP contribution in [-0.4, -0.2) is 23.1 Å². The van der Waals surface area contributed by atoms with E-state index in [0.717, 1.165) is 49.8 Å². The van der Waals surface area contributed by atoms with Crippen molar-refractivity contribution in [3.05, 3.63) is 22.8 Å². The molecule has 1 aliphatic heterocycles. The number of nitrogens with zero attached hydrogens (tertiary/aromatic N) is 2. The summed E-state index contributed by atoms with van der Waals surface area (Å²) >= 11 is 0. The largest absolute Gasteiger partial charge is 0.367 e. The van der Waals surface area contributed by atoms with Crippen LogP contribution in [0.4, 0.5) is 0 Å². The zero-order valence-electron chi connectivity index (χ0n) is 11.8. The van der Waals surface area contributed by atoms with Crippen molar-refractivity contribution in [1.29, 1.82) is 0 Å². The van der Waals surface area contributed by atoms with Crippen LogP contribution in [0.2, 0.25) is 0 Å². The van der Waals surface area contributed by atoms with Crippen molar-refractivity contribution in [3.8, 4) is 0 Å². The quantitative estimate of drug-likeness (QED) is 0.889. The highest BCUT2D eigenvalue weighted by Gasteiger charge is 2.35. The smallest absolute Gasteiger partial charge is 0.160 e. The third kappa shape index (κ3) is 2.54. The van der Waals surface area contributed by atoms with Gasteiger partial charge in [0.1, 0.15) is 5.60 Å². The van der Waals surface area contributed by atoms with Gasteiger partial charge < -0.3 is 10.1 Å². The van der Waals surface area contributed by atoms with E-state index in [1.807, 2.05) is 0 Å². The van der Waals surface area contributed by atoms with E-state index in [2.05, 4.69) is 43.0 Å². The normalized spacial score (nSPS) is 23.6. The lowest BCUT2D eigenvalue weighted by Gasteiger charge is -2.23. The molecular weight excluding hydrogens is 226 g/mol. The van der Waals surface area contributed by atoms with Gasteiger partial charge in [0, 0.05) is 30.1 Å². The maximum absolute atomic E-state index is 5.82. The third-order valence-corrected chi connectivity index (χ3v) is 3.66. The number of aromatic nitrogens is 2. The molecule has 2 heterocycles. The topological polar surface area (TPSA) is 47.0 Å². The minimum Gasteiger partial charge on any atom is -0.367 e. The molecule has 1 aromatic heterocycles. The molecule has 1 unspecified atom stereocenters. The van der Waals surface area contributed by atoms with Crippen LogP contribution in [0.3, 0.4) is 0 Å². The molecule has 1 fully saturated rings. The van der Waals surface area contributed by atoms with Crippen LogP contribution in [0.15, 0.2) is 0 Å². The molecule has 100 valence electrons. The zero-order chi connectivity index (χ0) is 13.2. The molecule has 4 nitrogen and oxygen atoms in total. The molecule has 0 saturated carbocycles. The Labute approximate surface area is 109 Å². The highest BCUT2D eigenvalue weighted by atomic mass is 16.5. The van der Waals surface area contributed by atoms with Gasteiger partial charge in [0.2, 0.25) is 0 Å². The Morgan fingerprint density at radius 1 is 1.28 bits per heavy atom. The van der Waals surface area contributed by atoms with E-state index < -0.39 is 0 Å². The van der Waals surface area contributed by atoms with Crippen LogP contribution in [0.1, 0.15) is 49.5 Å². The van der Waals surface area contributed by atoms with Crippen LogP contribution in [-0.2, 0) is 16.9 Å². The summed E-state index contributed by atoms with van der Waals surface area (Å²) in [5, 5.41) is 3.33. The van der Waals surface area contributed by atoms with E-state index in [9.17, 15) is 0 Å². The lowest BCUT2D eigenvalue weighted by atomic mass is 10.0. The van der Waals surface area contributed by atoms with Crippen molar-refractivity contribution in [2.24, 2.45) is 0 Å². The third-order valence-electron chi connectivity index (χ3n) is 3.66. The van der Waals surface area contributed by atoms with Crippen molar-refractivity contribution in [2.45, 2.75) is 52.7 Å².